The predicted molar refractivity (Wildman–Crippen MR) is 65.3 cm³/mol. The first kappa shape index (κ1) is 13.3. The largest absolute Gasteiger partial charge is 0.493 e. The SMILES string of the molecule is CNC(=O)COc1cc(CCN)ccc1OC. The maximum absolute atomic E-state index is 11.1. The molecule has 5 heteroatoms. The van der Waals surface area contributed by atoms with E-state index in [2.05, 4.69) is 5.32 Å². The predicted octanol–water partition coefficient (Wildman–Crippen LogP) is 0.321. The summed E-state index contributed by atoms with van der Waals surface area (Å²) in [6.45, 7) is 0.542. The van der Waals surface area contributed by atoms with E-state index < -0.39 is 0 Å². The minimum Gasteiger partial charge on any atom is -0.493 e. The van der Waals surface area contributed by atoms with Crippen LogP contribution in [-0.4, -0.2) is 33.2 Å². The monoisotopic (exact) mass is 238 g/mol. The highest BCUT2D eigenvalue weighted by Gasteiger charge is 2.07. The van der Waals surface area contributed by atoms with Crippen molar-refractivity contribution in [1.29, 1.82) is 0 Å². The number of hydrogen-bond donors (Lipinski definition) is 2. The molecule has 1 aromatic carbocycles. The van der Waals surface area contributed by atoms with Gasteiger partial charge in [-0.05, 0) is 30.7 Å². The van der Waals surface area contributed by atoms with Crippen molar-refractivity contribution in [1.82, 2.24) is 5.32 Å². The number of likely N-dealkylation sites (N-methyl/N-ethyl adjacent to an activating group) is 1. The Morgan fingerprint density at radius 3 is 2.76 bits per heavy atom. The van der Waals surface area contributed by atoms with Crippen LogP contribution in [0.3, 0.4) is 0 Å². The maximum Gasteiger partial charge on any atom is 0.257 e. The van der Waals surface area contributed by atoms with E-state index in [1.807, 2.05) is 18.2 Å². The lowest BCUT2D eigenvalue weighted by Crippen LogP contribution is -2.25. The molecule has 0 spiro atoms. The van der Waals surface area contributed by atoms with Crippen molar-refractivity contribution < 1.29 is 14.3 Å². The molecule has 0 fully saturated rings. The third-order valence-corrected chi connectivity index (χ3v) is 2.30. The molecule has 0 atom stereocenters. The molecular formula is C12H18N2O3. The van der Waals surface area contributed by atoms with Gasteiger partial charge >= 0.3 is 0 Å². The van der Waals surface area contributed by atoms with Gasteiger partial charge in [0.05, 0.1) is 7.11 Å². The summed E-state index contributed by atoms with van der Waals surface area (Å²) in [7, 11) is 3.12. The quantitative estimate of drug-likeness (QED) is 0.748. The molecule has 1 amide bonds. The van der Waals surface area contributed by atoms with Crippen LogP contribution in [0.1, 0.15) is 5.56 Å². The number of carbonyl (C=O) groups is 1. The van der Waals surface area contributed by atoms with Crippen molar-refractivity contribution in [2.45, 2.75) is 6.42 Å². The molecule has 1 aromatic rings. The molecule has 0 unspecified atom stereocenters. The van der Waals surface area contributed by atoms with E-state index in [4.69, 9.17) is 15.2 Å². The van der Waals surface area contributed by atoms with Crippen LogP contribution in [0.15, 0.2) is 18.2 Å². The number of rotatable bonds is 6. The number of carbonyl (C=O) groups excluding carboxylic acids is 1. The Kier molecular flexibility index (Phi) is 5.29. The third kappa shape index (κ3) is 3.96. The topological polar surface area (TPSA) is 73.6 Å². The summed E-state index contributed by atoms with van der Waals surface area (Å²) in [6, 6.07) is 5.58. The van der Waals surface area contributed by atoms with Crippen LogP contribution in [0.25, 0.3) is 0 Å². The molecule has 0 aliphatic carbocycles. The van der Waals surface area contributed by atoms with E-state index in [9.17, 15) is 4.79 Å². The number of methoxy groups -OCH3 is 1. The first-order valence-electron chi connectivity index (χ1n) is 5.41. The van der Waals surface area contributed by atoms with Crippen LogP contribution in [0, 0.1) is 0 Å². The molecule has 3 N–H and O–H groups in total. The molecule has 5 nitrogen and oxygen atoms in total. The molecule has 17 heavy (non-hydrogen) atoms. The third-order valence-electron chi connectivity index (χ3n) is 2.30. The lowest BCUT2D eigenvalue weighted by atomic mass is 10.1. The number of ether oxygens (including phenoxy) is 2. The summed E-state index contributed by atoms with van der Waals surface area (Å²) in [5, 5.41) is 2.49. The highest BCUT2D eigenvalue weighted by atomic mass is 16.5. The molecule has 0 saturated carbocycles. The number of benzene rings is 1. The number of amides is 1. The van der Waals surface area contributed by atoms with Gasteiger partial charge < -0.3 is 20.5 Å². The molecule has 94 valence electrons. The molecule has 0 aromatic heterocycles. The van der Waals surface area contributed by atoms with Gasteiger partial charge in [0.1, 0.15) is 0 Å². The number of nitrogens with two attached hydrogens (primary N) is 1. The highest BCUT2D eigenvalue weighted by molar-refractivity contribution is 5.77. The van der Waals surface area contributed by atoms with Gasteiger partial charge in [0.2, 0.25) is 0 Å². The maximum atomic E-state index is 11.1. The van der Waals surface area contributed by atoms with Crippen LogP contribution in [0.2, 0.25) is 0 Å². The fourth-order valence-corrected chi connectivity index (χ4v) is 1.37. The summed E-state index contributed by atoms with van der Waals surface area (Å²) >= 11 is 0. The standard InChI is InChI=1S/C12H18N2O3/c1-14-12(15)8-17-11-7-9(5-6-13)3-4-10(11)16-2/h3-4,7H,5-6,8,13H2,1-2H3,(H,14,15). The second-order valence-electron chi connectivity index (χ2n) is 3.49. The molecular weight excluding hydrogens is 220 g/mol. The van der Waals surface area contributed by atoms with Crippen molar-refractivity contribution in [3.63, 3.8) is 0 Å². The van der Waals surface area contributed by atoms with Crippen LogP contribution in [0.4, 0.5) is 0 Å². The lowest BCUT2D eigenvalue weighted by molar-refractivity contribution is -0.122. The Hall–Kier alpha value is -1.75. The zero-order chi connectivity index (χ0) is 12.7. The van der Waals surface area contributed by atoms with Gasteiger partial charge in [0.15, 0.2) is 18.1 Å². The van der Waals surface area contributed by atoms with E-state index in [1.54, 1.807) is 14.2 Å². The van der Waals surface area contributed by atoms with Gasteiger partial charge in [0.25, 0.3) is 5.91 Å². The van der Waals surface area contributed by atoms with Gasteiger partial charge in [-0.25, -0.2) is 0 Å². The van der Waals surface area contributed by atoms with E-state index in [1.165, 1.54) is 0 Å². The molecule has 0 radical (unpaired) electrons. The normalized spacial score (nSPS) is 9.82. The first-order chi connectivity index (χ1) is 8.21. The molecule has 0 aliphatic rings. The minimum absolute atomic E-state index is 0.0288. The summed E-state index contributed by atoms with van der Waals surface area (Å²) in [5.74, 6) is 0.980. The van der Waals surface area contributed by atoms with Gasteiger partial charge in [0, 0.05) is 7.05 Å². The van der Waals surface area contributed by atoms with E-state index in [-0.39, 0.29) is 12.5 Å². The number of hydrogen-bond acceptors (Lipinski definition) is 4. The molecule has 0 heterocycles. The van der Waals surface area contributed by atoms with E-state index >= 15 is 0 Å². The molecule has 0 aliphatic heterocycles. The Balaban J connectivity index is 2.78. The zero-order valence-electron chi connectivity index (χ0n) is 10.2. The zero-order valence-corrected chi connectivity index (χ0v) is 10.2. The van der Waals surface area contributed by atoms with Crippen molar-refractivity contribution in [2.24, 2.45) is 5.73 Å². The summed E-state index contributed by atoms with van der Waals surface area (Å²) in [5.41, 5.74) is 6.54. The smallest absolute Gasteiger partial charge is 0.257 e. The number of nitrogens with one attached hydrogen (secondary N) is 1. The second-order valence-corrected chi connectivity index (χ2v) is 3.49. The summed E-state index contributed by atoms with van der Waals surface area (Å²) in [4.78, 5) is 11.1. The second kappa shape index (κ2) is 6.75. The van der Waals surface area contributed by atoms with Crippen LogP contribution in [-0.2, 0) is 11.2 Å². The lowest BCUT2D eigenvalue weighted by Gasteiger charge is -2.11. The molecule has 0 bridgehead atoms. The van der Waals surface area contributed by atoms with E-state index in [0.29, 0.717) is 18.0 Å². The van der Waals surface area contributed by atoms with E-state index in [0.717, 1.165) is 12.0 Å². The van der Waals surface area contributed by atoms with Gasteiger partial charge in [-0.15, -0.1) is 0 Å². The Labute approximate surface area is 101 Å². The van der Waals surface area contributed by atoms with Gasteiger partial charge in [-0.3, -0.25) is 4.79 Å². The Morgan fingerprint density at radius 1 is 1.41 bits per heavy atom. The van der Waals surface area contributed by atoms with Crippen LogP contribution in [0.5, 0.6) is 11.5 Å². The summed E-state index contributed by atoms with van der Waals surface area (Å²) in [6.07, 6.45) is 0.764. The van der Waals surface area contributed by atoms with Crippen molar-refractivity contribution in [3.05, 3.63) is 23.8 Å². The Morgan fingerprint density at radius 2 is 2.18 bits per heavy atom. The average Bonchev–Trinajstić information content (AvgIpc) is 2.36. The minimum atomic E-state index is -0.184. The van der Waals surface area contributed by atoms with Crippen molar-refractivity contribution in [3.8, 4) is 11.5 Å². The van der Waals surface area contributed by atoms with Gasteiger partial charge in [-0.1, -0.05) is 6.07 Å². The highest BCUT2D eigenvalue weighted by Crippen LogP contribution is 2.28. The van der Waals surface area contributed by atoms with Crippen LogP contribution < -0.4 is 20.5 Å². The van der Waals surface area contributed by atoms with Crippen molar-refractivity contribution >= 4 is 5.91 Å². The molecule has 1 rings (SSSR count). The fourth-order valence-electron chi connectivity index (χ4n) is 1.37. The van der Waals surface area contributed by atoms with Crippen LogP contribution >= 0.6 is 0 Å². The van der Waals surface area contributed by atoms with Gasteiger partial charge in [-0.2, -0.15) is 0 Å². The summed E-state index contributed by atoms with van der Waals surface area (Å²) < 4.78 is 10.5. The average molecular weight is 238 g/mol. The Bertz CT molecular complexity index is 380. The van der Waals surface area contributed by atoms with Crippen molar-refractivity contribution in [2.75, 3.05) is 27.3 Å². The fraction of sp³-hybridized carbons (Fsp3) is 0.417. The molecule has 0 saturated heterocycles. The first-order valence-corrected chi connectivity index (χ1v) is 5.41.